The van der Waals surface area contributed by atoms with Gasteiger partial charge in [-0.25, -0.2) is 15.0 Å². The van der Waals surface area contributed by atoms with Crippen LogP contribution in [0.4, 0.5) is 0 Å². The summed E-state index contributed by atoms with van der Waals surface area (Å²) < 4.78 is 12.5. The third-order valence-electron chi connectivity index (χ3n) is 10.7. The molecule has 248 valence electrons. The maximum Gasteiger partial charge on any atom is 0.164 e. The normalized spacial score (nSPS) is 13.2. The number of hydrogen-bond donors (Lipinski definition) is 0. The Balaban J connectivity index is 1.08. The topological polar surface area (TPSA) is 61.0 Å². The summed E-state index contributed by atoms with van der Waals surface area (Å²) in [6.07, 6.45) is 1.79. The van der Waals surface area contributed by atoms with Gasteiger partial charge in [0.2, 0.25) is 0 Å². The molecular weight excluding hydrogens is 651 g/mol. The van der Waals surface area contributed by atoms with Gasteiger partial charge in [-0.2, -0.15) is 0 Å². The Labute approximate surface area is 305 Å². The van der Waals surface area contributed by atoms with E-state index in [1.54, 1.807) is 6.26 Å². The fourth-order valence-electron chi connectivity index (χ4n) is 8.37. The van der Waals surface area contributed by atoms with E-state index in [2.05, 4.69) is 97.1 Å². The van der Waals surface area contributed by atoms with E-state index in [4.69, 9.17) is 24.1 Å². The molecule has 0 saturated heterocycles. The van der Waals surface area contributed by atoms with Crippen LogP contribution in [0.1, 0.15) is 22.3 Å². The summed E-state index contributed by atoms with van der Waals surface area (Å²) in [5.74, 6) is 3.66. The molecule has 0 bridgehead atoms. The number of furan rings is 1. The molecule has 3 heterocycles. The van der Waals surface area contributed by atoms with E-state index in [9.17, 15) is 0 Å². The van der Waals surface area contributed by atoms with Crippen LogP contribution in [0.3, 0.4) is 0 Å². The summed E-state index contributed by atoms with van der Waals surface area (Å²) in [6, 6.07) is 58.9. The molecule has 0 fully saturated rings. The molecule has 0 saturated carbocycles. The smallest absolute Gasteiger partial charge is 0.164 e. The molecule has 0 amide bonds. The summed E-state index contributed by atoms with van der Waals surface area (Å²) >= 11 is 0. The SMILES string of the molecule is c1ccc(-c2nc(-c3ccccc3)nc(-c3ccc(-c4ccc5c(c4)C4(c6ccccc6Oc6ccccc64)c4ccc6occc6c4-5)cc3)n2)cc1. The highest BCUT2D eigenvalue weighted by molar-refractivity contribution is 6.03. The quantitative estimate of drug-likeness (QED) is 0.185. The number of hydrogen-bond acceptors (Lipinski definition) is 5. The van der Waals surface area contributed by atoms with Crippen LogP contribution in [0.15, 0.2) is 181 Å². The molecule has 5 nitrogen and oxygen atoms in total. The largest absolute Gasteiger partial charge is 0.464 e. The molecule has 1 aliphatic heterocycles. The molecule has 1 spiro atoms. The number of nitrogens with zero attached hydrogens (tertiary/aromatic N) is 3. The van der Waals surface area contributed by atoms with Crippen LogP contribution in [0.25, 0.3) is 67.4 Å². The lowest BCUT2D eigenvalue weighted by molar-refractivity contribution is 0.436. The van der Waals surface area contributed by atoms with Crippen molar-refractivity contribution in [1.82, 2.24) is 15.0 Å². The minimum atomic E-state index is -0.579. The van der Waals surface area contributed by atoms with Crippen molar-refractivity contribution in [2.75, 3.05) is 0 Å². The fourth-order valence-corrected chi connectivity index (χ4v) is 8.37. The van der Waals surface area contributed by atoms with Gasteiger partial charge in [-0.3, -0.25) is 0 Å². The fraction of sp³-hybridized carbons (Fsp3) is 0.0208. The molecule has 11 rings (SSSR count). The molecule has 53 heavy (non-hydrogen) atoms. The molecule has 0 radical (unpaired) electrons. The number of benzene rings is 7. The molecule has 0 unspecified atom stereocenters. The van der Waals surface area contributed by atoms with Gasteiger partial charge in [0.1, 0.15) is 17.1 Å². The van der Waals surface area contributed by atoms with Crippen molar-refractivity contribution >= 4 is 11.0 Å². The first-order valence-electron chi connectivity index (χ1n) is 17.8. The summed E-state index contributed by atoms with van der Waals surface area (Å²) in [5.41, 5.74) is 12.5. The van der Waals surface area contributed by atoms with Crippen molar-refractivity contribution in [2.45, 2.75) is 5.41 Å². The predicted octanol–water partition coefficient (Wildman–Crippen LogP) is 11.8. The number of fused-ring (bicyclic) bond motifs is 11. The predicted molar refractivity (Wildman–Crippen MR) is 209 cm³/mol. The van der Waals surface area contributed by atoms with Crippen LogP contribution in [0.5, 0.6) is 11.5 Å². The third kappa shape index (κ3) is 4.41. The van der Waals surface area contributed by atoms with Gasteiger partial charge in [-0.15, -0.1) is 0 Å². The number of rotatable bonds is 4. The second-order valence-electron chi connectivity index (χ2n) is 13.5. The van der Waals surface area contributed by atoms with Crippen LogP contribution in [0.2, 0.25) is 0 Å². The van der Waals surface area contributed by atoms with Crippen molar-refractivity contribution in [2.24, 2.45) is 0 Å². The molecular formula is C48H29N3O2. The summed E-state index contributed by atoms with van der Waals surface area (Å²) in [4.78, 5) is 14.8. The van der Waals surface area contributed by atoms with Gasteiger partial charge in [-0.05, 0) is 63.7 Å². The maximum atomic E-state index is 6.58. The van der Waals surface area contributed by atoms with Crippen LogP contribution < -0.4 is 4.74 Å². The van der Waals surface area contributed by atoms with Crippen LogP contribution >= 0.6 is 0 Å². The van der Waals surface area contributed by atoms with Crippen molar-refractivity contribution < 1.29 is 9.15 Å². The van der Waals surface area contributed by atoms with Crippen molar-refractivity contribution in [3.8, 4) is 67.9 Å². The summed E-state index contributed by atoms with van der Waals surface area (Å²) in [5, 5.41) is 1.11. The number of aromatic nitrogens is 3. The van der Waals surface area contributed by atoms with Gasteiger partial charge in [0, 0.05) is 33.2 Å². The Hall–Kier alpha value is -7.11. The highest BCUT2D eigenvalue weighted by Gasteiger charge is 2.51. The second-order valence-corrected chi connectivity index (χ2v) is 13.5. The Kier molecular flexibility index (Phi) is 6.40. The molecule has 5 heteroatoms. The van der Waals surface area contributed by atoms with Crippen molar-refractivity contribution in [3.05, 3.63) is 198 Å². The van der Waals surface area contributed by atoms with Crippen molar-refractivity contribution in [3.63, 3.8) is 0 Å². The van der Waals surface area contributed by atoms with Gasteiger partial charge < -0.3 is 9.15 Å². The van der Waals surface area contributed by atoms with E-state index in [1.165, 1.54) is 22.3 Å². The van der Waals surface area contributed by atoms with Crippen LogP contribution in [-0.4, -0.2) is 15.0 Å². The average molecular weight is 680 g/mol. The highest BCUT2D eigenvalue weighted by atomic mass is 16.5. The third-order valence-corrected chi connectivity index (χ3v) is 10.7. The first-order valence-corrected chi connectivity index (χ1v) is 17.8. The summed E-state index contributed by atoms with van der Waals surface area (Å²) in [7, 11) is 0. The molecule has 2 aromatic heterocycles. The van der Waals surface area contributed by atoms with E-state index in [1.807, 2.05) is 72.8 Å². The molecule has 0 N–H and O–H groups in total. The number of para-hydroxylation sites is 2. The zero-order valence-corrected chi connectivity index (χ0v) is 28.4. The lowest BCUT2D eigenvalue weighted by atomic mass is 9.66. The van der Waals surface area contributed by atoms with Gasteiger partial charge >= 0.3 is 0 Å². The zero-order chi connectivity index (χ0) is 34.9. The first-order chi connectivity index (χ1) is 26.3. The molecule has 9 aromatic rings. The van der Waals surface area contributed by atoms with E-state index in [-0.39, 0.29) is 0 Å². The van der Waals surface area contributed by atoms with Crippen LogP contribution in [0, 0.1) is 0 Å². The summed E-state index contributed by atoms with van der Waals surface area (Å²) in [6.45, 7) is 0. The van der Waals surface area contributed by atoms with Gasteiger partial charge in [0.15, 0.2) is 17.5 Å². The van der Waals surface area contributed by atoms with Gasteiger partial charge in [0.05, 0.1) is 11.7 Å². The van der Waals surface area contributed by atoms with E-state index in [0.717, 1.165) is 61.4 Å². The van der Waals surface area contributed by atoms with Gasteiger partial charge in [0.25, 0.3) is 0 Å². The molecule has 0 atom stereocenters. The standard InChI is InChI=1S/C48H29N3O2/c1-3-11-31(12-4-1)45-49-46(32-13-5-2-6-14-32)51-47(50-45)33-21-19-30(20-22-33)34-23-24-35-40(29-34)48(39-25-26-41-36(44(35)39)27-28-52-41)37-15-7-9-17-42(37)53-43-18-10-8-16-38(43)48/h1-29H. The minimum absolute atomic E-state index is 0.579. The minimum Gasteiger partial charge on any atom is -0.464 e. The highest BCUT2D eigenvalue weighted by Crippen LogP contribution is 2.63. The van der Waals surface area contributed by atoms with E-state index < -0.39 is 5.41 Å². The Bertz CT molecular complexity index is 2760. The molecule has 2 aliphatic rings. The average Bonchev–Trinajstić information content (AvgIpc) is 3.83. The van der Waals surface area contributed by atoms with E-state index in [0.29, 0.717) is 17.5 Å². The lowest BCUT2D eigenvalue weighted by Crippen LogP contribution is -2.32. The maximum absolute atomic E-state index is 6.58. The first kappa shape index (κ1) is 29.6. The Morgan fingerprint density at radius 3 is 1.55 bits per heavy atom. The zero-order valence-electron chi connectivity index (χ0n) is 28.4. The van der Waals surface area contributed by atoms with Crippen LogP contribution in [-0.2, 0) is 5.41 Å². The molecule has 7 aromatic carbocycles. The van der Waals surface area contributed by atoms with E-state index >= 15 is 0 Å². The van der Waals surface area contributed by atoms with Gasteiger partial charge in [-0.1, -0.05) is 140 Å². The molecule has 1 aliphatic carbocycles. The Morgan fingerprint density at radius 1 is 0.396 bits per heavy atom. The number of ether oxygens (including phenoxy) is 1. The Morgan fingerprint density at radius 2 is 0.925 bits per heavy atom. The second kappa shape index (κ2) is 11.5. The lowest BCUT2D eigenvalue weighted by Gasteiger charge is -2.39. The monoisotopic (exact) mass is 679 g/mol. The van der Waals surface area contributed by atoms with Crippen molar-refractivity contribution in [1.29, 1.82) is 0 Å².